The molecule has 0 saturated carbocycles. The lowest BCUT2D eigenvalue weighted by atomic mass is 9.80. The Hall–Kier alpha value is -2.87. The van der Waals surface area contributed by atoms with Crippen molar-refractivity contribution in [1.29, 1.82) is 0 Å². The molecule has 2 nitrogen and oxygen atoms in total. The van der Waals surface area contributed by atoms with E-state index >= 15 is 0 Å². The Morgan fingerprint density at radius 1 is 0.652 bits per heavy atom. The first kappa shape index (κ1) is 12.7. The van der Waals surface area contributed by atoms with Gasteiger partial charge in [-0.25, -0.2) is 0 Å². The van der Waals surface area contributed by atoms with Gasteiger partial charge in [0.25, 0.3) is 0 Å². The van der Waals surface area contributed by atoms with E-state index in [1.54, 1.807) is 0 Å². The lowest BCUT2D eigenvalue weighted by Gasteiger charge is -2.29. The SMILES string of the molecule is c1ccc(C2=NC3c4ccccc4-c4ccccc4C3N2)cc1. The van der Waals surface area contributed by atoms with Gasteiger partial charge in [-0.2, -0.15) is 0 Å². The summed E-state index contributed by atoms with van der Waals surface area (Å²) in [7, 11) is 0. The Morgan fingerprint density at radius 3 is 2.04 bits per heavy atom. The zero-order valence-corrected chi connectivity index (χ0v) is 12.6. The fourth-order valence-corrected chi connectivity index (χ4v) is 3.74. The number of hydrogen-bond acceptors (Lipinski definition) is 2. The normalized spacial score (nSPS) is 20.8. The van der Waals surface area contributed by atoms with Crippen LogP contribution in [0.25, 0.3) is 11.1 Å². The Labute approximate surface area is 135 Å². The first-order valence-electron chi connectivity index (χ1n) is 8.00. The van der Waals surface area contributed by atoms with Crippen molar-refractivity contribution >= 4 is 5.84 Å². The lowest BCUT2D eigenvalue weighted by molar-refractivity contribution is 0.566. The lowest BCUT2D eigenvalue weighted by Crippen LogP contribution is -2.27. The molecule has 1 aliphatic heterocycles. The number of benzene rings is 3. The molecule has 2 atom stereocenters. The van der Waals surface area contributed by atoms with Gasteiger partial charge in [0.15, 0.2) is 0 Å². The van der Waals surface area contributed by atoms with Gasteiger partial charge in [0.05, 0.1) is 6.04 Å². The number of nitrogens with one attached hydrogen (secondary N) is 1. The summed E-state index contributed by atoms with van der Waals surface area (Å²) in [5.74, 6) is 0.993. The van der Waals surface area contributed by atoms with Crippen LogP contribution in [0.3, 0.4) is 0 Å². The fraction of sp³-hybridized carbons (Fsp3) is 0.0952. The molecule has 2 aliphatic rings. The van der Waals surface area contributed by atoms with E-state index in [1.807, 2.05) is 6.07 Å². The largest absolute Gasteiger partial charge is 0.360 e. The number of nitrogens with zero attached hydrogens (tertiary/aromatic N) is 1. The molecule has 0 bridgehead atoms. The van der Waals surface area contributed by atoms with Gasteiger partial charge in [-0.05, 0) is 22.3 Å². The number of aliphatic imine (C=N–C) groups is 1. The third kappa shape index (κ3) is 1.85. The summed E-state index contributed by atoms with van der Waals surface area (Å²) in [5, 5.41) is 3.66. The first-order chi connectivity index (χ1) is 11.4. The molecule has 1 N–H and O–H groups in total. The summed E-state index contributed by atoms with van der Waals surface area (Å²) < 4.78 is 0. The van der Waals surface area contributed by atoms with Crippen LogP contribution in [-0.4, -0.2) is 5.84 Å². The van der Waals surface area contributed by atoms with E-state index in [4.69, 9.17) is 4.99 Å². The van der Waals surface area contributed by atoms with Crippen LogP contribution in [0.4, 0.5) is 0 Å². The molecule has 0 fully saturated rings. The first-order valence-corrected chi connectivity index (χ1v) is 8.00. The summed E-state index contributed by atoms with van der Waals surface area (Å²) in [4.78, 5) is 5.03. The highest BCUT2D eigenvalue weighted by molar-refractivity contribution is 6.01. The molecule has 2 heteroatoms. The molecule has 1 aliphatic carbocycles. The second kappa shape index (κ2) is 4.82. The number of rotatable bonds is 1. The van der Waals surface area contributed by atoms with E-state index in [1.165, 1.54) is 22.3 Å². The molecule has 110 valence electrons. The molecule has 3 aromatic rings. The highest BCUT2D eigenvalue weighted by Gasteiger charge is 2.37. The van der Waals surface area contributed by atoms with E-state index in [9.17, 15) is 0 Å². The second-order valence-electron chi connectivity index (χ2n) is 6.09. The van der Waals surface area contributed by atoms with Crippen molar-refractivity contribution in [1.82, 2.24) is 5.32 Å². The quantitative estimate of drug-likeness (QED) is 0.702. The summed E-state index contributed by atoms with van der Waals surface area (Å²) >= 11 is 0. The molecule has 5 rings (SSSR count). The Morgan fingerprint density at radius 2 is 1.26 bits per heavy atom. The van der Waals surface area contributed by atoms with E-state index in [0.29, 0.717) is 0 Å². The maximum Gasteiger partial charge on any atom is 0.129 e. The van der Waals surface area contributed by atoms with Gasteiger partial charge >= 0.3 is 0 Å². The van der Waals surface area contributed by atoms with Crippen molar-refractivity contribution in [3.63, 3.8) is 0 Å². The Kier molecular flexibility index (Phi) is 2.65. The molecule has 0 radical (unpaired) electrons. The van der Waals surface area contributed by atoms with Crippen LogP contribution >= 0.6 is 0 Å². The van der Waals surface area contributed by atoms with Gasteiger partial charge in [-0.3, -0.25) is 4.99 Å². The van der Waals surface area contributed by atoms with Crippen molar-refractivity contribution in [3.8, 4) is 11.1 Å². The predicted octanol–water partition coefficient (Wildman–Crippen LogP) is 4.50. The molecular formula is C21H16N2. The minimum absolute atomic E-state index is 0.149. The van der Waals surface area contributed by atoms with Crippen LogP contribution in [0.15, 0.2) is 83.9 Å². The van der Waals surface area contributed by atoms with Crippen LogP contribution in [0.5, 0.6) is 0 Å². The molecule has 0 saturated heterocycles. The molecular weight excluding hydrogens is 280 g/mol. The second-order valence-corrected chi connectivity index (χ2v) is 6.09. The number of amidine groups is 1. The standard InChI is InChI=1S/C21H16N2/c1-2-8-14(9-3-1)21-22-19-17-12-6-4-10-15(17)16-11-5-7-13-18(16)20(19)23-21/h1-13,19-20H,(H,22,23). The number of fused-ring (bicyclic) bond motifs is 6. The van der Waals surface area contributed by atoms with E-state index in [0.717, 1.165) is 11.4 Å². The van der Waals surface area contributed by atoms with Gasteiger partial charge in [-0.1, -0.05) is 78.9 Å². The van der Waals surface area contributed by atoms with Crippen molar-refractivity contribution in [2.24, 2.45) is 4.99 Å². The Balaban J connectivity index is 1.70. The average Bonchev–Trinajstić information content (AvgIpc) is 3.09. The average molecular weight is 296 g/mol. The number of hydrogen-bond donors (Lipinski definition) is 1. The maximum atomic E-state index is 5.03. The minimum Gasteiger partial charge on any atom is -0.360 e. The van der Waals surface area contributed by atoms with Crippen LogP contribution in [0.1, 0.15) is 28.8 Å². The molecule has 0 spiro atoms. The molecule has 0 aromatic heterocycles. The summed E-state index contributed by atoms with van der Waals surface area (Å²) in [6.45, 7) is 0. The smallest absolute Gasteiger partial charge is 0.129 e. The van der Waals surface area contributed by atoms with Crippen molar-refractivity contribution in [2.45, 2.75) is 12.1 Å². The molecule has 2 unspecified atom stereocenters. The minimum atomic E-state index is 0.149. The van der Waals surface area contributed by atoms with Gasteiger partial charge in [0, 0.05) is 5.56 Å². The van der Waals surface area contributed by atoms with E-state index in [2.05, 4.69) is 78.1 Å². The zero-order chi connectivity index (χ0) is 15.2. The van der Waals surface area contributed by atoms with Crippen molar-refractivity contribution in [2.75, 3.05) is 0 Å². The van der Waals surface area contributed by atoms with Crippen LogP contribution in [0.2, 0.25) is 0 Å². The zero-order valence-electron chi connectivity index (χ0n) is 12.6. The highest BCUT2D eigenvalue weighted by atomic mass is 15.1. The fourth-order valence-electron chi connectivity index (χ4n) is 3.74. The van der Waals surface area contributed by atoms with Gasteiger partial charge in [0.1, 0.15) is 11.9 Å². The van der Waals surface area contributed by atoms with E-state index in [-0.39, 0.29) is 12.1 Å². The summed E-state index contributed by atoms with van der Waals surface area (Å²) in [6, 6.07) is 28.1. The monoisotopic (exact) mass is 296 g/mol. The third-order valence-corrected chi connectivity index (χ3v) is 4.79. The molecule has 23 heavy (non-hydrogen) atoms. The highest BCUT2D eigenvalue weighted by Crippen LogP contribution is 2.48. The predicted molar refractivity (Wildman–Crippen MR) is 93.5 cm³/mol. The van der Waals surface area contributed by atoms with Gasteiger partial charge in [-0.15, -0.1) is 0 Å². The van der Waals surface area contributed by atoms with Gasteiger partial charge < -0.3 is 5.32 Å². The molecule has 1 heterocycles. The molecule has 3 aromatic carbocycles. The summed E-state index contributed by atoms with van der Waals surface area (Å²) in [5.41, 5.74) is 6.43. The topological polar surface area (TPSA) is 24.4 Å². The maximum absolute atomic E-state index is 5.03. The van der Waals surface area contributed by atoms with Crippen LogP contribution < -0.4 is 5.32 Å². The third-order valence-electron chi connectivity index (χ3n) is 4.79. The Bertz CT molecular complexity index is 912. The van der Waals surface area contributed by atoms with Crippen molar-refractivity contribution in [3.05, 3.63) is 95.6 Å². The van der Waals surface area contributed by atoms with E-state index < -0.39 is 0 Å². The van der Waals surface area contributed by atoms with Crippen LogP contribution in [-0.2, 0) is 0 Å². The van der Waals surface area contributed by atoms with Crippen LogP contribution in [0, 0.1) is 0 Å². The molecule has 0 amide bonds. The summed E-state index contributed by atoms with van der Waals surface area (Å²) in [6.07, 6.45) is 0. The van der Waals surface area contributed by atoms with Gasteiger partial charge in [0.2, 0.25) is 0 Å². The van der Waals surface area contributed by atoms with Crippen molar-refractivity contribution < 1.29 is 0 Å².